The number of carbonyl (C=O) groups is 1. The average Bonchev–Trinajstić information content (AvgIpc) is 2.27. The van der Waals surface area contributed by atoms with Crippen LogP contribution in [-0.4, -0.2) is 11.1 Å². The Balaban J connectivity index is -0.000000223. The Bertz CT molecular complexity index is 222. The molecule has 0 fully saturated rings. The summed E-state index contributed by atoms with van der Waals surface area (Å²) < 4.78 is 0. The van der Waals surface area contributed by atoms with Crippen LogP contribution >= 0.6 is 0 Å². The van der Waals surface area contributed by atoms with E-state index >= 15 is 0 Å². The molecule has 0 spiro atoms. The first-order valence-corrected chi connectivity index (χ1v) is 8.00. The normalized spacial score (nSPS) is 12.5. The Morgan fingerprint density at radius 1 is 0.950 bits per heavy atom. The van der Waals surface area contributed by atoms with Crippen molar-refractivity contribution in [2.45, 2.75) is 82.6 Å². The lowest BCUT2D eigenvalue weighted by molar-refractivity contribution is -0.142. The second-order valence-corrected chi connectivity index (χ2v) is 7.69. The van der Waals surface area contributed by atoms with Crippen LogP contribution in [0.25, 0.3) is 0 Å². The largest absolute Gasteiger partial charge is 0.481 e. The molecule has 0 heterocycles. The Hall–Kier alpha value is -0.530. The van der Waals surface area contributed by atoms with E-state index in [-0.39, 0.29) is 11.8 Å². The van der Waals surface area contributed by atoms with Crippen LogP contribution in [0.3, 0.4) is 0 Å². The molecule has 2 heteroatoms. The van der Waals surface area contributed by atoms with E-state index in [1.54, 1.807) is 6.92 Å². The molecule has 0 aromatic carbocycles. The molecule has 1 N–H and O–H groups in total. The summed E-state index contributed by atoms with van der Waals surface area (Å²) in [6.45, 7) is 23.4. The van der Waals surface area contributed by atoms with Crippen LogP contribution in [0.1, 0.15) is 82.6 Å². The van der Waals surface area contributed by atoms with Crippen LogP contribution in [0.4, 0.5) is 0 Å². The monoisotopic (exact) mass is 288 g/mol. The standard InChI is InChI=1S/C7H16.C6H12O2.C5H12/c1-6(2)7(3,4)5;1-4(2)5(3)6(7)8;1-4-5(2)3/h6H,1-5H3;4-5H,1-3H3,(H,7,8);5H,4H2,1-3H3. The van der Waals surface area contributed by atoms with Gasteiger partial charge in [0.15, 0.2) is 0 Å². The number of rotatable bonds is 3. The van der Waals surface area contributed by atoms with Crippen molar-refractivity contribution < 1.29 is 9.90 Å². The van der Waals surface area contributed by atoms with E-state index in [2.05, 4.69) is 55.4 Å². The Kier molecular flexibility index (Phi) is 15.0. The van der Waals surface area contributed by atoms with Gasteiger partial charge in [0.05, 0.1) is 5.92 Å². The summed E-state index contributed by atoms with van der Waals surface area (Å²) in [5, 5.41) is 8.35. The van der Waals surface area contributed by atoms with Crippen molar-refractivity contribution in [2.24, 2.45) is 29.1 Å². The zero-order chi connectivity index (χ0) is 17.1. The Morgan fingerprint density at radius 3 is 1.20 bits per heavy atom. The predicted octanol–water partition coefficient (Wildman–Crippen LogP) is 6.10. The summed E-state index contributed by atoms with van der Waals surface area (Å²) in [7, 11) is 0. The van der Waals surface area contributed by atoms with Crippen LogP contribution < -0.4 is 0 Å². The van der Waals surface area contributed by atoms with E-state index < -0.39 is 5.97 Å². The quantitative estimate of drug-likeness (QED) is 0.681. The summed E-state index contributed by atoms with van der Waals surface area (Å²) in [5.41, 5.74) is 0.500. The van der Waals surface area contributed by atoms with Crippen molar-refractivity contribution in [1.29, 1.82) is 0 Å². The van der Waals surface area contributed by atoms with Gasteiger partial charge >= 0.3 is 5.97 Å². The highest BCUT2D eigenvalue weighted by molar-refractivity contribution is 5.69. The van der Waals surface area contributed by atoms with Gasteiger partial charge in [-0.15, -0.1) is 0 Å². The second kappa shape index (κ2) is 12.2. The third-order valence-electron chi connectivity index (χ3n) is 3.94. The van der Waals surface area contributed by atoms with Gasteiger partial charge in [-0.1, -0.05) is 82.6 Å². The first-order chi connectivity index (χ1) is 8.77. The molecule has 0 aliphatic carbocycles. The molecule has 0 rings (SSSR count). The molecule has 0 aromatic rings. The minimum Gasteiger partial charge on any atom is -0.481 e. The molecule has 0 amide bonds. The predicted molar refractivity (Wildman–Crippen MR) is 91.1 cm³/mol. The smallest absolute Gasteiger partial charge is 0.306 e. The molecule has 2 nitrogen and oxygen atoms in total. The van der Waals surface area contributed by atoms with Gasteiger partial charge in [-0.25, -0.2) is 0 Å². The number of carboxylic acid groups (broad SMARTS) is 1. The number of aliphatic carboxylic acids is 1. The lowest BCUT2D eigenvalue weighted by Crippen LogP contribution is -2.15. The van der Waals surface area contributed by atoms with Crippen LogP contribution in [-0.2, 0) is 4.79 Å². The molecule has 1 unspecified atom stereocenters. The van der Waals surface area contributed by atoms with Crippen LogP contribution in [0.5, 0.6) is 0 Å². The maximum Gasteiger partial charge on any atom is 0.306 e. The Labute approximate surface area is 128 Å². The highest BCUT2D eigenvalue weighted by Crippen LogP contribution is 2.23. The molecule has 0 aliphatic rings. The molecule has 0 saturated heterocycles. The number of carboxylic acids is 1. The van der Waals surface area contributed by atoms with E-state index in [1.807, 2.05) is 13.8 Å². The number of hydrogen-bond acceptors (Lipinski definition) is 1. The third-order valence-corrected chi connectivity index (χ3v) is 3.94. The van der Waals surface area contributed by atoms with Crippen LogP contribution in [0.2, 0.25) is 0 Å². The molecule has 0 radical (unpaired) electrons. The van der Waals surface area contributed by atoms with Crippen molar-refractivity contribution in [3.8, 4) is 0 Å². The lowest BCUT2D eigenvalue weighted by Gasteiger charge is -2.22. The van der Waals surface area contributed by atoms with Crippen LogP contribution in [0.15, 0.2) is 0 Å². The molecular weight excluding hydrogens is 248 g/mol. The first kappa shape index (κ1) is 24.5. The van der Waals surface area contributed by atoms with Gasteiger partial charge in [-0.3, -0.25) is 4.79 Å². The molecular formula is C18H40O2. The highest BCUT2D eigenvalue weighted by Gasteiger charge is 2.14. The van der Waals surface area contributed by atoms with Gasteiger partial charge in [-0.2, -0.15) is 0 Å². The number of hydrogen-bond donors (Lipinski definition) is 1. The minimum absolute atomic E-state index is 0.213. The highest BCUT2D eigenvalue weighted by atomic mass is 16.4. The third kappa shape index (κ3) is 19.8. The summed E-state index contributed by atoms with van der Waals surface area (Å²) >= 11 is 0. The fourth-order valence-corrected chi connectivity index (χ4v) is 0.285. The van der Waals surface area contributed by atoms with Gasteiger partial charge in [-0.05, 0) is 23.2 Å². The van der Waals surface area contributed by atoms with Crippen molar-refractivity contribution >= 4 is 5.97 Å². The van der Waals surface area contributed by atoms with Crippen molar-refractivity contribution in [3.63, 3.8) is 0 Å². The lowest BCUT2D eigenvalue weighted by atomic mass is 9.84. The van der Waals surface area contributed by atoms with Crippen molar-refractivity contribution in [1.82, 2.24) is 0 Å². The van der Waals surface area contributed by atoms with Gasteiger partial charge in [0.1, 0.15) is 0 Å². The molecule has 20 heavy (non-hydrogen) atoms. The molecule has 0 bridgehead atoms. The second-order valence-electron chi connectivity index (χ2n) is 7.69. The van der Waals surface area contributed by atoms with Crippen molar-refractivity contribution in [3.05, 3.63) is 0 Å². The van der Waals surface area contributed by atoms with Gasteiger partial charge in [0, 0.05) is 0 Å². The molecule has 0 saturated carbocycles. The van der Waals surface area contributed by atoms with Crippen molar-refractivity contribution in [2.75, 3.05) is 0 Å². The molecule has 0 aromatic heterocycles. The summed E-state index contributed by atoms with van der Waals surface area (Å²) in [6.07, 6.45) is 1.31. The maximum absolute atomic E-state index is 10.1. The summed E-state index contributed by atoms with van der Waals surface area (Å²) in [6, 6.07) is 0. The summed E-state index contributed by atoms with van der Waals surface area (Å²) in [4.78, 5) is 10.1. The fourth-order valence-electron chi connectivity index (χ4n) is 0.285. The average molecular weight is 289 g/mol. The topological polar surface area (TPSA) is 37.3 Å². The molecule has 1 atom stereocenters. The van der Waals surface area contributed by atoms with Crippen LogP contribution in [0, 0.1) is 29.1 Å². The van der Waals surface area contributed by atoms with E-state index in [0.717, 1.165) is 11.8 Å². The maximum atomic E-state index is 10.1. The van der Waals surface area contributed by atoms with E-state index in [1.165, 1.54) is 6.42 Å². The SMILES string of the molecule is CC(C)C(C)(C)C.CC(C)C(C)C(=O)O.CCC(C)C. The van der Waals surface area contributed by atoms with E-state index in [4.69, 9.17) is 5.11 Å². The van der Waals surface area contributed by atoms with E-state index in [9.17, 15) is 4.79 Å². The van der Waals surface area contributed by atoms with E-state index in [0.29, 0.717) is 5.41 Å². The molecule has 124 valence electrons. The van der Waals surface area contributed by atoms with Gasteiger partial charge in [0.25, 0.3) is 0 Å². The molecule has 0 aliphatic heterocycles. The Morgan fingerprint density at radius 2 is 1.20 bits per heavy atom. The first-order valence-electron chi connectivity index (χ1n) is 8.00. The zero-order valence-electron chi connectivity index (χ0n) is 15.9. The zero-order valence-corrected chi connectivity index (χ0v) is 15.9. The fraction of sp³-hybridized carbons (Fsp3) is 0.944. The van der Waals surface area contributed by atoms with Gasteiger partial charge in [0.2, 0.25) is 0 Å². The minimum atomic E-state index is -0.708. The summed E-state index contributed by atoms with van der Waals surface area (Å²) in [5.74, 6) is 1.00. The van der Waals surface area contributed by atoms with Gasteiger partial charge < -0.3 is 5.11 Å².